The molecule has 1 aromatic carbocycles. The van der Waals surface area contributed by atoms with Gasteiger partial charge in [-0.1, -0.05) is 30.7 Å². The molecule has 0 saturated carbocycles. The largest absolute Gasteiger partial charge is 0.389 e. The fraction of sp³-hybridized carbons (Fsp3) is 0.684. The second-order valence-corrected chi connectivity index (χ2v) is 6.65. The molecule has 2 unspecified atom stereocenters. The fourth-order valence-electron chi connectivity index (χ4n) is 2.47. The van der Waals surface area contributed by atoms with E-state index in [0.717, 1.165) is 13.0 Å². The van der Waals surface area contributed by atoms with Gasteiger partial charge in [-0.3, -0.25) is 4.90 Å². The highest BCUT2D eigenvalue weighted by atomic mass is 16.5. The number of ether oxygens (including phenoxy) is 1. The van der Waals surface area contributed by atoms with Crippen LogP contribution in [0.2, 0.25) is 0 Å². The van der Waals surface area contributed by atoms with Gasteiger partial charge in [0.25, 0.3) is 0 Å². The zero-order valence-electron chi connectivity index (χ0n) is 15.1. The zero-order valence-corrected chi connectivity index (χ0v) is 15.1. The van der Waals surface area contributed by atoms with Crippen LogP contribution in [0.1, 0.15) is 50.8 Å². The van der Waals surface area contributed by atoms with Gasteiger partial charge in [-0.05, 0) is 52.2 Å². The summed E-state index contributed by atoms with van der Waals surface area (Å²) in [4.78, 5) is 2.36. The molecular weight excluding hydrogens is 274 g/mol. The summed E-state index contributed by atoms with van der Waals surface area (Å²) in [5.74, 6) is 0. The second-order valence-electron chi connectivity index (χ2n) is 6.65. The van der Waals surface area contributed by atoms with Gasteiger partial charge < -0.3 is 9.84 Å². The Morgan fingerprint density at radius 2 is 1.86 bits per heavy atom. The summed E-state index contributed by atoms with van der Waals surface area (Å²) < 4.78 is 5.53. The van der Waals surface area contributed by atoms with Crippen molar-refractivity contribution in [2.45, 2.75) is 72.8 Å². The third kappa shape index (κ3) is 6.47. The van der Waals surface area contributed by atoms with Crippen molar-refractivity contribution in [2.75, 3.05) is 13.2 Å². The first-order valence-electron chi connectivity index (χ1n) is 8.43. The van der Waals surface area contributed by atoms with Crippen molar-refractivity contribution in [1.29, 1.82) is 0 Å². The van der Waals surface area contributed by atoms with Crippen LogP contribution in [0.5, 0.6) is 0 Å². The molecule has 0 aliphatic heterocycles. The quantitative estimate of drug-likeness (QED) is 0.755. The Bertz CT molecular complexity index is 445. The lowest BCUT2D eigenvalue weighted by atomic mass is 10.0. The van der Waals surface area contributed by atoms with Crippen LogP contribution in [0.4, 0.5) is 0 Å². The van der Waals surface area contributed by atoms with Gasteiger partial charge in [-0.25, -0.2) is 0 Å². The predicted molar refractivity (Wildman–Crippen MR) is 93.2 cm³/mol. The number of aliphatic hydroxyl groups is 1. The highest BCUT2D eigenvalue weighted by molar-refractivity contribution is 5.30. The van der Waals surface area contributed by atoms with Crippen LogP contribution in [-0.4, -0.2) is 41.4 Å². The number of hydrogen-bond acceptors (Lipinski definition) is 3. The first-order valence-corrected chi connectivity index (χ1v) is 8.43. The molecule has 1 aromatic rings. The van der Waals surface area contributed by atoms with Crippen molar-refractivity contribution in [2.24, 2.45) is 0 Å². The number of rotatable bonds is 9. The summed E-state index contributed by atoms with van der Waals surface area (Å²) in [6, 6.07) is 7.02. The van der Waals surface area contributed by atoms with Gasteiger partial charge in [0.2, 0.25) is 0 Å². The van der Waals surface area contributed by atoms with E-state index in [1.807, 2.05) is 13.8 Å². The number of aliphatic hydroxyl groups excluding tert-OH is 1. The van der Waals surface area contributed by atoms with Crippen LogP contribution >= 0.6 is 0 Å². The van der Waals surface area contributed by atoms with E-state index in [-0.39, 0.29) is 6.10 Å². The minimum absolute atomic E-state index is 0.158. The van der Waals surface area contributed by atoms with Crippen LogP contribution in [0.15, 0.2) is 18.2 Å². The maximum absolute atomic E-state index is 10.2. The molecular formula is C19H33NO2. The average molecular weight is 307 g/mol. The highest BCUT2D eigenvalue weighted by Crippen LogP contribution is 2.16. The maximum Gasteiger partial charge on any atom is 0.0900 e. The maximum atomic E-state index is 10.2. The van der Waals surface area contributed by atoms with Crippen molar-refractivity contribution >= 4 is 0 Å². The molecule has 0 amide bonds. The van der Waals surface area contributed by atoms with Crippen LogP contribution < -0.4 is 0 Å². The molecule has 0 fully saturated rings. The Kier molecular flexibility index (Phi) is 8.08. The van der Waals surface area contributed by atoms with Gasteiger partial charge in [-0.15, -0.1) is 0 Å². The molecule has 0 radical (unpaired) electrons. The van der Waals surface area contributed by atoms with Crippen molar-refractivity contribution in [3.8, 4) is 0 Å². The van der Waals surface area contributed by atoms with Crippen LogP contribution in [-0.2, 0) is 11.3 Å². The molecule has 2 atom stereocenters. The number of benzene rings is 1. The normalized spacial score (nSPS) is 14.6. The summed E-state index contributed by atoms with van der Waals surface area (Å²) in [5, 5.41) is 10.2. The Labute approximate surface area is 136 Å². The monoisotopic (exact) mass is 307 g/mol. The standard InChI is InChI=1S/C19H33NO2/c1-7-17(6)20(12-19(21)13-22-14(2)3)11-18-10-15(4)8-9-16(18)5/h8-10,14,17,19,21H,7,11-13H2,1-6H3. The molecule has 0 saturated heterocycles. The highest BCUT2D eigenvalue weighted by Gasteiger charge is 2.18. The molecule has 1 N–H and O–H groups in total. The summed E-state index contributed by atoms with van der Waals surface area (Å²) >= 11 is 0. The number of nitrogens with zero attached hydrogens (tertiary/aromatic N) is 1. The molecule has 22 heavy (non-hydrogen) atoms. The molecule has 0 aliphatic carbocycles. The van der Waals surface area contributed by atoms with Gasteiger partial charge in [-0.2, -0.15) is 0 Å². The lowest BCUT2D eigenvalue weighted by Crippen LogP contribution is -2.40. The molecule has 0 aromatic heterocycles. The minimum Gasteiger partial charge on any atom is -0.389 e. The molecule has 1 rings (SSSR count). The molecule has 0 heterocycles. The van der Waals surface area contributed by atoms with Crippen molar-refractivity contribution in [1.82, 2.24) is 4.90 Å². The van der Waals surface area contributed by atoms with Crippen molar-refractivity contribution in [3.63, 3.8) is 0 Å². The van der Waals surface area contributed by atoms with Crippen LogP contribution in [0.3, 0.4) is 0 Å². The van der Waals surface area contributed by atoms with E-state index in [9.17, 15) is 5.11 Å². The zero-order chi connectivity index (χ0) is 16.7. The second kappa shape index (κ2) is 9.29. The third-order valence-electron chi connectivity index (χ3n) is 4.16. The van der Waals surface area contributed by atoms with E-state index in [1.165, 1.54) is 16.7 Å². The smallest absolute Gasteiger partial charge is 0.0900 e. The lowest BCUT2D eigenvalue weighted by molar-refractivity contribution is -0.0149. The first kappa shape index (κ1) is 19.1. The van der Waals surface area contributed by atoms with Crippen molar-refractivity contribution in [3.05, 3.63) is 34.9 Å². The lowest BCUT2D eigenvalue weighted by Gasteiger charge is -2.31. The summed E-state index contributed by atoms with van der Waals surface area (Å²) in [5.41, 5.74) is 3.94. The molecule has 0 aliphatic rings. The van der Waals surface area contributed by atoms with Gasteiger partial charge in [0.1, 0.15) is 0 Å². The van der Waals surface area contributed by atoms with Gasteiger partial charge in [0, 0.05) is 19.1 Å². The van der Waals surface area contributed by atoms with Crippen molar-refractivity contribution < 1.29 is 9.84 Å². The first-order chi connectivity index (χ1) is 10.3. The van der Waals surface area contributed by atoms with E-state index in [0.29, 0.717) is 19.2 Å². The van der Waals surface area contributed by atoms with E-state index >= 15 is 0 Å². The Hall–Kier alpha value is -0.900. The Balaban J connectivity index is 2.74. The molecule has 0 bridgehead atoms. The third-order valence-corrected chi connectivity index (χ3v) is 4.16. The van der Waals surface area contributed by atoms with E-state index in [2.05, 4.69) is 50.8 Å². The Morgan fingerprint density at radius 3 is 2.45 bits per heavy atom. The SMILES string of the molecule is CCC(C)N(Cc1cc(C)ccc1C)CC(O)COC(C)C. The van der Waals surface area contributed by atoms with E-state index in [4.69, 9.17) is 4.74 Å². The van der Waals surface area contributed by atoms with E-state index < -0.39 is 6.10 Å². The van der Waals surface area contributed by atoms with Crippen LogP contribution in [0, 0.1) is 13.8 Å². The average Bonchev–Trinajstić information content (AvgIpc) is 2.47. The molecule has 0 spiro atoms. The summed E-state index contributed by atoms with van der Waals surface area (Å²) in [6.45, 7) is 14.6. The minimum atomic E-state index is -0.443. The topological polar surface area (TPSA) is 32.7 Å². The fourth-order valence-corrected chi connectivity index (χ4v) is 2.47. The van der Waals surface area contributed by atoms with E-state index in [1.54, 1.807) is 0 Å². The number of hydrogen-bond donors (Lipinski definition) is 1. The Morgan fingerprint density at radius 1 is 1.18 bits per heavy atom. The predicted octanol–water partition coefficient (Wildman–Crippen LogP) is 3.69. The summed E-state index contributed by atoms with van der Waals surface area (Å²) in [6.07, 6.45) is 0.787. The van der Waals surface area contributed by atoms with Crippen LogP contribution in [0.25, 0.3) is 0 Å². The summed E-state index contributed by atoms with van der Waals surface area (Å²) in [7, 11) is 0. The van der Waals surface area contributed by atoms with Gasteiger partial charge in [0.15, 0.2) is 0 Å². The molecule has 3 heteroatoms. The molecule has 3 nitrogen and oxygen atoms in total. The van der Waals surface area contributed by atoms with Gasteiger partial charge >= 0.3 is 0 Å². The molecule has 126 valence electrons. The number of aryl methyl sites for hydroxylation is 2. The van der Waals surface area contributed by atoms with Gasteiger partial charge in [0.05, 0.1) is 18.8 Å².